The molecule has 3 heterocycles. The number of hydrogen-bond acceptors (Lipinski definition) is 6. The molecule has 0 saturated carbocycles. The minimum atomic E-state index is -1.23. The number of nitrogens with zero attached hydrogens (tertiary/aromatic N) is 7. The molecule has 4 rings (SSSR count). The number of anilines is 1. The molecule has 3 aromatic heterocycles. The Morgan fingerprint density at radius 3 is 2.96 bits per heavy atom. The number of hydrogen-bond donors (Lipinski definition) is 1. The molecule has 0 aliphatic heterocycles. The third kappa shape index (κ3) is 3.10. The van der Waals surface area contributed by atoms with Crippen LogP contribution in [-0.2, 0) is 13.1 Å². The van der Waals surface area contributed by atoms with Crippen molar-refractivity contribution in [2.45, 2.75) is 13.1 Å². The second kappa shape index (κ2) is 6.52. The molecule has 0 bridgehead atoms. The normalized spacial score (nSPS) is 11.2. The van der Waals surface area contributed by atoms with Crippen molar-refractivity contribution in [3.63, 3.8) is 0 Å². The Balaban J connectivity index is 1.78. The fraction of sp³-hybridized carbons (Fsp3) is 0.188. The van der Waals surface area contributed by atoms with E-state index in [-0.39, 0.29) is 11.8 Å². The van der Waals surface area contributed by atoms with Gasteiger partial charge in [0, 0.05) is 31.4 Å². The van der Waals surface area contributed by atoms with E-state index in [0.29, 0.717) is 29.7 Å². The van der Waals surface area contributed by atoms with Gasteiger partial charge in [0.2, 0.25) is 0 Å². The van der Waals surface area contributed by atoms with Gasteiger partial charge in [-0.25, -0.2) is 19.1 Å². The smallest absolute Gasteiger partial charge is 0.414 e. The summed E-state index contributed by atoms with van der Waals surface area (Å²) in [6.07, 6.45) is 3.93. The van der Waals surface area contributed by atoms with Crippen molar-refractivity contribution in [3.05, 3.63) is 42.7 Å². The number of aromatic nitrogens is 6. The zero-order valence-electron chi connectivity index (χ0n) is 14.2. The number of aryl methyl sites for hydroxylation is 2. The Kier molecular flexibility index (Phi) is 4.03. The van der Waals surface area contributed by atoms with E-state index in [4.69, 9.17) is 9.63 Å². The van der Waals surface area contributed by atoms with Crippen molar-refractivity contribution in [1.82, 2.24) is 29.5 Å². The van der Waals surface area contributed by atoms with Crippen LogP contribution in [-0.4, -0.2) is 47.7 Å². The van der Waals surface area contributed by atoms with Crippen LogP contribution in [0, 0.1) is 5.82 Å². The molecular formula is C16H14FN7O3. The third-order valence-electron chi connectivity index (χ3n) is 4.03. The van der Waals surface area contributed by atoms with Gasteiger partial charge in [0.05, 0.1) is 18.4 Å². The molecule has 1 amide bonds. The third-order valence-corrected chi connectivity index (χ3v) is 4.03. The maximum absolute atomic E-state index is 13.8. The van der Waals surface area contributed by atoms with Gasteiger partial charge in [0.25, 0.3) is 11.8 Å². The second-order valence-electron chi connectivity index (χ2n) is 5.77. The van der Waals surface area contributed by atoms with Crippen LogP contribution in [0.4, 0.5) is 15.1 Å². The first-order chi connectivity index (χ1) is 13.0. The number of carboxylic acid groups (broad SMARTS) is 1. The van der Waals surface area contributed by atoms with Crippen LogP contribution in [0.15, 0.2) is 41.4 Å². The van der Waals surface area contributed by atoms with Gasteiger partial charge in [0.1, 0.15) is 11.5 Å². The summed E-state index contributed by atoms with van der Waals surface area (Å²) in [5, 5.41) is 17.7. The van der Waals surface area contributed by atoms with Gasteiger partial charge >= 0.3 is 6.09 Å². The summed E-state index contributed by atoms with van der Waals surface area (Å²) in [4.78, 5) is 20.0. The van der Waals surface area contributed by atoms with E-state index in [1.165, 1.54) is 19.2 Å². The van der Waals surface area contributed by atoms with Gasteiger partial charge < -0.3 is 14.2 Å². The molecule has 0 aliphatic rings. The summed E-state index contributed by atoms with van der Waals surface area (Å²) in [6, 6.07) is 4.20. The van der Waals surface area contributed by atoms with Crippen molar-refractivity contribution in [3.8, 4) is 11.6 Å². The van der Waals surface area contributed by atoms with Crippen LogP contribution in [0.2, 0.25) is 0 Å². The van der Waals surface area contributed by atoms with E-state index < -0.39 is 11.9 Å². The molecule has 0 aliphatic carbocycles. The van der Waals surface area contributed by atoms with E-state index >= 15 is 0 Å². The quantitative estimate of drug-likeness (QED) is 0.572. The van der Waals surface area contributed by atoms with Crippen LogP contribution >= 0.6 is 0 Å². The fourth-order valence-corrected chi connectivity index (χ4v) is 2.65. The molecule has 1 N–H and O–H groups in total. The number of imidazole rings is 1. The molecule has 4 aromatic rings. The summed E-state index contributed by atoms with van der Waals surface area (Å²) in [7, 11) is 1.30. The molecule has 0 atom stereocenters. The second-order valence-corrected chi connectivity index (χ2v) is 5.77. The van der Waals surface area contributed by atoms with E-state index in [1.807, 2.05) is 10.8 Å². The number of amides is 1. The zero-order valence-corrected chi connectivity index (χ0v) is 14.2. The van der Waals surface area contributed by atoms with Gasteiger partial charge in [-0.15, -0.1) is 0 Å². The summed E-state index contributed by atoms with van der Waals surface area (Å²) in [5.74, 6) is -0.499. The molecule has 11 heteroatoms. The lowest BCUT2D eigenvalue weighted by molar-refractivity contribution is 0.202. The average molecular weight is 371 g/mol. The van der Waals surface area contributed by atoms with Crippen molar-refractivity contribution < 1.29 is 18.8 Å². The Morgan fingerprint density at radius 1 is 1.37 bits per heavy atom. The zero-order chi connectivity index (χ0) is 19.0. The summed E-state index contributed by atoms with van der Waals surface area (Å²) < 4.78 is 22.5. The first-order valence-corrected chi connectivity index (χ1v) is 7.95. The monoisotopic (exact) mass is 371 g/mol. The minimum absolute atomic E-state index is 0.0526. The van der Waals surface area contributed by atoms with Crippen LogP contribution < -0.4 is 4.90 Å². The van der Waals surface area contributed by atoms with E-state index in [0.717, 1.165) is 4.90 Å². The molecule has 0 saturated heterocycles. The van der Waals surface area contributed by atoms with Crippen LogP contribution in [0.5, 0.6) is 0 Å². The SMILES string of the molecule is CN(C(=O)O)c1noc(-c2c3cc(F)ccc3nn2CCn2ccnc2)n1. The Hall–Kier alpha value is -3.76. The van der Waals surface area contributed by atoms with Gasteiger partial charge in [-0.2, -0.15) is 10.1 Å². The molecule has 1 aromatic carbocycles. The average Bonchev–Trinajstić information content (AvgIpc) is 3.37. The minimum Gasteiger partial charge on any atom is -0.465 e. The highest BCUT2D eigenvalue weighted by atomic mass is 19.1. The van der Waals surface area contributed by atoms with Crippen LogP contribution in [0.25, 0.3) is 22.5 Å². The summed E-state index contributed by atoms with van der Waals surface area (Å²) in [6.45, 7) is 1.01. The molecular weight excluding hydrogens is 357 g/mol. The number of carbonyl (C=O) groups is 1. The van der Waals surface area contributed by atoms with E-state index in [9.17, 15) is 9.18 Å². The highest BCUT2D eigenvalue weighted by Gasteiger charge is 2.22. The van der Waals surface area contributed by atoms with E-state index in [1.54, 1.807) is 23.3 Å². The molecule has 10 nitrogen and oxygen atoms in total. The van der Waals surface area contributed by atoms with Crippen molar-refractivity contribution in [2.75, 3.05) is 11.9 Å². The summed E-state index contributed by atoms with van der Waals surface area (Å²) >= 11 is 0. The lowest BCUT2D eigenvalue weighted by atomic mass is 10.2. The Morgan fingerprint density at radius 2 is 2.22 bits per heavy atom. The molecule has 0 radical (unpaired) electrons. The first kappa shape index (κ1) is 16.7. The van der Waals surface area contributed by atoms with Gasteiger partial charge in [-0.3, -0.25) is 4.68 Å². The predicted octanol–water partition coefficient (Wildman–Crippen LogP) is 2.24. The molecule has 138 valence electrons. The fourth-order valence-electron chi connectivity index (χ4n) is 2.65. The van der Waals surface area contributed by atoms with Crippen molar-refractivity contribution in [2.24, 2.45) is 0 Å². The predicted molar refractivity (Wildman–Crippen MR) is 91.6 cm³/mol. The molecule has 0 fully saturated rings. The molecule has 0 unspecified atom stereocenters. The first-order valence-electron chi connectivity index (χ1n) is 7.95. The highest BCUT2D eigenvalue weighted by molar-refractivity contribution is 5.91. The maximum atomic E-state index is 13.8. The highest BCUT2D eigenvalue weighted by Crippen LogP contribution is 2.29. The number of halogens is 1. The lowest BCUT2D eigenvalue weighted by Crippen LogP contribution is -2.24. The molecule has 27 heavy (non-hydrogen) atoms. The lowest BCUT2D eigenvalue weighted by Gasteiger charge is -2.06. The number of rotatable bonds is 5. The van der Waals surface area contributed by atoms with Crippen molar-refractivity contribution >= 4 is 22.9 Å². The topological polar surface area (TPSA) is 115 Å². The largest absolute Gasteiger partial charge is 0.465 e. The maximum Gasteiger partial charge on any atom is 0.414 e. The Labute approximate surface area is 151 Å². The molecule has 0 spiro atoms. The Bertz CT molecular complexity index is 1100. The van der Waals surface area contributed by atoms with Crippen molar-refractivity contribution in [1.29, 1.82) is 0 Å². The standard InChI is InChI=1S/C16H14FN7O3/c1-22(16(25)26)15-19-14(27-21-15)13-11-8-10(17)2-3-12(11)20-24(13)7-6-23-5-4-18-9-23/h2-5,8-9H,6-7H2,1H3,(H,25,26). The van der Waals surface area contributed by atoms with Crippen LogP contribution in [0.3, 0.4) is 0 Å². The van der Waals surface area contributed by atoms with Gasteiger partial charge in [0.15, 0.2) is 0 Å². The van der Waals surface area contributed by atoms with E-state index in [2.05, 4.69) is 20.2 Å². The van der Waals surface area contributed by atoms with Crippen LogP contribution in [0.1, 0.15) is 0 Å². The van der Waals surface area contributed by atoms with Gasteiger partial charge in [-0.1, -0.05) is 0 Å². The summed E-state index contributed by atoms with van der Waals surface area (Å²) in [5.41, 5.74) is 0.977. The number of benzene rings is 1. The van der Waals surface area contributed by atoms with Gasteiger partial charge in [-0.05, 0) is 23.4 Å². The number of fused-ring (bicyclic) bond motifs is 1.